The van der Waals surface area contributed by atoms with Gasteiger partial charge in [0.25, 0.3) is 21.6 Å². The van der Waals surface area contributed by atoms with Crippen LogP contribution in [0.2, 0.25) is 5.02 Å². The molecule has 0 radical (unpaired) electrons. The molecule has 2 aromatic heterocycles. The number of pyridine rings is 1. The Morgan fingerprint density at radius 1 is 1.02 bits per heavy atom. The first kappa shape index (κ1) is 42.2. The van der Waals surface area contributed by atoms with Gasteiger partial charge in [-0.05, 0) is 109 Å². The van der Waals surface area contributed by atoms with Crippen LogP contribution >= 0.6 is 11.6 Å². The minimum Gasteiger partial charge on any atom is -0.381 e. The van der Waals surface area contributed by atoms with Gasteiger partial charge in [0.15, 0.2) is 11.4 Å². The summed E-state index contributed by atoms with van der Waals surface area (Å²) >= 11 is 6.24. The molecule has 16 heteroatoms. The number of benzene rings is 3. The third-order valence-corrected chi connectivity index (χ3v) is 13.6. The first-order valence-electron chi connectivity index (χ1n) is 20.7. The van der Waals surface area contributed by atoms with Crippen molar-refractivity contribution in [2.45, 2.75) is 50.8 Å². The highest BCUT2D eigenvalue weighted by Gasteiger charge is 2.31. The second-order valence-electron chi connectivity index (χ2n) is 16.8. The molecule has 2 N–H and O–H groups in total. The van der Waals surface area contributed by atoms with Crippen molar-refractivity contribution >= 4 is 61.2 Å². The molecule has 14 nitrogen and oxygen atoms in total. The lowest BCUT2D eigenvalue weighted by Crippen LogP contribution is -2.47. The second kappa shape index (κ2) is 17.9. The van der Waals surface area contributed by atoms with E-state index in [2.05, 4.69) is 50.8 Å². The smallest absolute Gasteiger partial charge is 0.293 e. The maximum atomic E-state index is 13.9. The highest BCUT2D eigenvalue weighted by molar-refractivity contribution is 7.90. The van der Waals surface area contributed by atoms with Crippen LogP contribution < -0.4 is 19.8 Å². The molecular weight excluding hydrogens is 818 g/mol. The molecule has 2 saturated heterocycles. The Morgan fingerprint density at radius 2 is 1.79 bits per heavy atom. The lowest BCUT2D eigenvalue weighted by molar-refractivity contribution is -0.384. The van der Waals surface area contributed by atoms with Gasteiger partial charge in [0.2, 0.25) is 0 Å². The number of amides is 1. The lowest BCUT2D eigenvalue weighted by atomic mass is 9.72. The fourth-order valence-electron chi connectivity index (χ4n) is 8.41. The summed E-state index contributed by atoms with van der Waals surface area (Å²) in [6.45, 7) is 10.4. The van der Waals surface area contributed by atoms with E-state index in [-0.39, 0.29) is 28.3 Å². The van der Waals surface area contributed by atoms with Crippen LogP contribution in [0.15, 0.2) is 102 Å². The van der Waals surface area contributed by atoms with Crippen LogP contribution in [0.25, 0.3) is 16.6 Å². The number of rotatable bonds is 13. The Balaban J connectivity index is 1.01. The van der Waals surface area contributed by atoms with Crippen LogP contribution in [0, 0.1) is 21.4 Å². The van der Waals surface area contributed by atoms with Crippen molar-refractivity contribution in [3.05, 3.63) is 123 Å². The van der Waals surface area contributed by atoms with E-state index in [1.807, 2.05) is 24.3 Å². The van der Waals surface area contributed by atoms with Crippen molar-refractivity contribution < 1.29 is 27.7 Å². The van der Waals surface area contributed by atoms with Gasteiger partial charge in [0.1, 0.15) is 5.69 Å². The van der Waals surface area contributed by atoms with Gasteiger partial charge in [0.05, 0.1) is 15.4 Å². The van der Waals surface area contributed by atoms with Crippen LogP contribution in [0.3, 0.4) is 0 Å². The first-order chi connectivity index (χ1) is 29.3. The molecule has 1 aliphatic carbocycles. The number of hydrogen-bond acceptors (Lipinski definition) is 11. The zero-order valence-corrected chi connectivity index (χ0v) is 35.9. The quantitative estimate of drug-likeness (QED) is 0.0868. The molecule has 2 aliphatic heterocycles. The number of sulfonamides is 1. The predicted octanol–water partition coefficient (Wildman–Crippen LogP) is 8.18. The molecule has 320 valence electrons. The van der Waals surface area contributed by atoms with Crippen molar-refractivity contribution in [3.8, 4) is 5.75 Å². The average Bonchev–Trinajstić information content (AvgIpc) is 3.66. The number of halogens is 1. The van der Waals surface area contributed by atoms with E-state index in [4.69, 9.17) is 21.2 Å². The number of ether oxygens (including phenoxy) is 1. The Hall–Kier alpha value is -5.48. The Labute approximate surface area is 360 Å². The molecule has 3 aliphatic rings. The molecule has 8 rings (SSSR count). The van der Waals surface area contributed by atoms with Crippen LogP contribution in [0.1, 0.15) is 61.9 Å². The zero-order valence-electron chi connectivity index (χ0n) is 34.3. The van der Waals surface area contributed by atoms with Gasteiger partial charge >= 0.3 is 0 Å². The van der Waals surface area contributed by atoms with Crippen LogP contribution in [0.4, 0.5) is 17.1 Å². The number of nitrogens with zero attached hydrogens (tertiary/aromatic N) is 5. The van der Waals surface area contributed by atoms with E-state index >= 15 is 0 Å². The summed E-state index contributed by atoms with van der Waals surface area (Å²) in [5.74, 6) is -0.576. The Morgan fingerprint density at radius 3 is 2.54 bits per heavy atom. The van der Waals surface area contributed by atoms with Gasteiger partial charge in [-0.15, -0.1) is 0 Å². The van der Waals surface area contributed by atoms with Gasteiger partial charge in [-0.3, -0.25) is 19.8 Å². The monoisotopic (exact) mass is 867 g/mol. The van der Waals surface area contributed by atoms with E-state index < -0.39 is 31.4 Å². The summed E-state index contributed by atoms with van der Waals surface area (Å²) in [4.78, 5) is 40.4. The average molecular weight is 868 g/mol. The number of nitrogens with one attached hydrogen (secondary N) is 2. The number of aromatic nitrogens is 2. The summed E-state index contributed by atoms with van der Waals surface area (Å²) < 4.78 is 36.3. The number of nitro groups is 1. The van der Waals surface area contributed by atoms with Crippen LogP contribution in [-0.4, -0.2) is 86.3 Å². The first-order valence-corrected chi connectivity index (χ1v) is 22.5. The van der Waals surface area contributed by atoms with Gasteiger partial charge < -0.3 is 19.8 Å². The largest absolute Gasteiger partial charge is 0.381 e. The summed E-state index contributed by atoms with van der Waals surface area (Å²) in [6.07, 6.45) is 8.15. The highest BCUT2D eigenvalue weighted by atomic mass is 35.5. The third kappa shape index (κ3) is 9.86. The number of allylic oxidation sites excluding steroid dienone is 1. The second-order valence-corrected chi connectivity index (χ2v) is 18.9. The minimum absolute atomic E-state index is 0.0464. The molecule has 0 unspecified atom stereocenters. The number of piperazine rings is 1. The molecule has 5 aromatic rings. The van der Waals surface area contributed by atoms with E-state index in [0.717, 1.165) is 87.0 Å². The van der Waals surface area contributed by atoms with Gasteiger partial charge in [0, 0.05) is 93.1 Å². The topological polar surface area (TPSA) is 161 Å². The van der Waals surface area contributed by atoms with Crippen LogP contribution in [0.5, 0.6) is 5.75 Å². The van der Waals surface area contributed by atoms with E-state index in [1.54, 1.807) is 36.7 Å². The summed E-state index contributed by atoms with van der Waals surface area (Å²) in [5.41, 5.74) is 5.38. The highest BCUT2D eigenvalue weighted by Crippen LogP contribution is 2.43. The normalized spacial score (nSPS) is 17.7. The Bertz CT molecular complexity index is 2560. The number of carbonyl (C=O) groups is 1. The van der Waals surface area contributed by atoms with Crippen LogP contribution in [-0.2, 0) is 14.8 Å². The van der Waals surface area contributed by atoms with Crippen molar-refractivity contribution in [2.75, 3.05) is 62.7 Å². The SMILES string of the molecule is CC1(C)CCC(CN2CCN(c3ccc(C(=O)NS(=O)(=O)c4ccc(NCC5CCOCC5)c([N+](=O)[O-])c4)c(On4ccc5cccnc54)c3)CC2)=C(c2ccc(Cl)cc2)C1. The maximum Gasteiger partial charge on any atom is 0.293 e. The summed E-state index contributed by atoms with van der Waals surface area (Å²) in [7, 11) is -4.56. The molecular formula is C45H50ClN7O7S. The molecule has 4 heterocycles. The number of nitro benzene ring substituents is 1. The zero-order chi connectivity index (χ0) is 42.7. The van der Waals surface area contributed by atoms with Crippen molar-refractivity contribution in [1.29, 1.82) is 0 Å². The molecule has 0 saturated carbocycles. The van der Waals surface area contributed by atoms with Crippen molar-refractivity contribution in [2.24, 2.45) is 11.3 Å². The summed E-state index contributed by atoms with van der Waals surface area (Å²) in [6, 6.07) is 22.3. The maximum absolute atomic E-state index is 13.9. The number of carbonyl (C=O) groups excluding carboxylic acids is 1. The molecule has 0 bridgehead atoms. The van der Waals surface area contributed by atoms with E-state index in [9.17, 15) is 23.3 Å². The molecule has 2 fully saturated rings. The lowest BCUT2D eigenvalue weighted by Gasteiger charge is -2.39. The van der Waals surface area contributed by atoms with E-state index in [1.165, 1.54) is 33.6 Å². The molecule has 0 atom stereocenters. The number of anilines is 2. The minimum atomic E-state index is -4.56. The number of fused-ring (bicyclic) bond motifs is 1. The summed E-state index contributed by atoms with van der Waals surface area (Å²) in [5, 5.41) is 16.7. The molecule has 61 heavy (non-hydrogen) atoms. The Kier molecular flexibility index (Phi) is 12.4. The predicted molar refractivity (Wildman–Crippen MR) is 237 cm³/mol. The van der Waals surface area contributed by atoms with Crippen molar-refractivity contribution in [3.63, 3.8) is 0 Å². The molecule has 0 spiro atoms. The van der Waals surface area contributed by atoms with Gasteiger partial charge in [-0.1, -0.05) is 43.2 Å². The fraction of sp³-hybridized carbons (Fsp3) is 0.378. The fourth-order valence-corrected chi connectivity index (χ4v) is 9.52. The van der Waals surface area contributed by atoms with Crippen molar-refractivity contribution in [1.82, 2.24) is 19.3 Å². The van der Waals surface area contributed by atoms with Gasteiger partial charge in [-0.2, -0.15) is 4.73 Å². The molecule has 1 amide bonds. The van der Waals surface area contributed by atoms with E-state index in [0.29, 0.717) is 25.4 Å². The number of hydrogen-bond donors (Lipinski definition) is 2. The standard InChI is InChI=1S/C45H50ClN7O7S/c1-45(2)17-13-34(39(28-45)32-5-7-35(46)8-6-32)30-50-20-22-51(23-21-50)36-9-11-38(42(26-36)60-52-19-14-33-4-3-18-47-43(33)52)44(54)49-61(57,58)37-10-12-40(41(27-37)53(55)56)48-29-31-15-24-59-25-16-31/h3-12,14,18-19,26-27,31,48H,13,15-17,20-25,28-30H2,1-2H3,(H,49,54). The third-order valence-electron chi connectivity index (χ3n) is 12.0. The molecule has 3 aromatic carbocycles. The van der Waals surface area contributed by atoms with Gasteiger partial charge in [-0.25, -0.2) is 18.1 Å².